The first-order valence-corrected chi connectivity index (χ1v) is 8.24. The van der Waals surface area contributed by atoms with E-state index in [0.29, 0.717) is 11.3 Å². The Morgan fingerprint density at radius 2 is 2.00 bits per heavy atom. The van der Waals surface area contributed by atoms with Crippen molar-refractivity contribution in [1.29, 1.82) is 0 Å². The number of para-hydroxylation sites is 1. The molecule has 2 amide bonds. The maximum Gasteiger partial charge on any atom is 0.336 e. The van der Waals surface area contributed by atoms with Crippen molar-refractivity contribution in [1.82, 2.24) is 9.29 Å². The Morgan fingerprint density at radius 3 is 2.76 bits per heavy atom. The third-order valence-electron chi connectivity index (χ3n) is 3.01. The minimum atomic E-state index is -3.86. The Bertz CT molecular complexity index is 823. The van der Waals surface area contributed by atoms with Crippen LogP contribution in [-0.2, 0) is 16.6 Å². The highest BCUT2D eigenvalue weighted by atomic mass is 79.9. The normalized spacial score (nSPS) is 16.2. The molecule has 0 fully saturated rings. The number of carbonyl (C=O) groups is 1. The van der Waals surface area contributed by atoms with Gasteiger partial charge in [0.2, 0.25) is 0 Å². The number of amides is 2. The van der Waals surface area contributed by atoms with E-state index in [1.54, 1.807) is 30.5 Å². The van der Waals surface area contributed by atoms with Gasteiger partial charge in [0.15, 0.2) is 0 Å². The quantitative estimate of drug-likeness (QED) is 0.884. The summed E-state index contributed by atoms with van der Waals surface area (Å²) < 4.78 is 26.6. The van der Waals surface area contributed by atoms with E-state index in [2.05, 4.69) is 26.2 Å². The van der Waals surface area contributed by atoms with E-state index in [-0.39, 0.29) is 11.4 Å². The lowest BCUT2D eigenvalue weighted by atomic mass is 10.3. The minimum absolute atomic E-state index is 0.0745. The molecule has 0 unspecified atom stereocenters. The molecule has 1 N–H and O–H groups in total. The standard InChI is InChI=1S/C13H10BrN3O3S/c14-10-5-9(6-15-7-10)8-17-13(18)16-11-3-1-2-4-12(11)21(17,19)20/h1-7H,8H2,(H,16,18). The molecular weight excluding hydrogens is 358 g/mol. The summed E-state index contributed by atoms with van der Waals surface area (Å²) in [6.07, 6.45) is 3.11. The summed E-state index contributed by atoms with van der Waals surface area (Å²) in [6.45, 7) is -0.0745. The van der Waals surface area contributed by atoms with Gasteiger partial charge in [-0.3, -0.25) is 4.98 Å². The average molecular weight is 368 g/mol. The van der Waals surface area contributed by atoms with Gasteiger partial charge in [-0.15, -0.1) is 0 Å². The Morgan fingerprint density at radius 1 is 1.24 bits per heavy atom. The molecule has 2 heterocycles. The van der Waals surface area contributed by atoms with Crippen molar-refractivity contribution < 1.29 is 13.2 Å². The van der Waals surface area contributed by atoms with Gasteiger partial charge in [-0.05, 0) is 39.7 Å². The molecule has 0 spiro atoms. The molecule has 0 aliphatic carbocycles. The minimum Gasteiger partial charge on any atom is -0.306 e. The molecule has 1 aliphatic rings. The maximum absolute atomic E-state index is 12.5. The van der Waals surface area contributed by atoms with Crippen LogP contribution in [-0.4, -0.2) is 23.7 Å². The summed E-state index contributed by atoms with van der Waals surface area (Å²) in [7, 11) is -3.86. The second kappa shape index (κ2) is 5.12. The summed E-state index contributed by atoms with van der Waals surface area (Å²) >= 11 is 3.27. The fourth-order valence-corrected chi connectivity index (χ4v) is 3.95. The van der Waals surface area contributed by atoms with Gasteiger partial charge >= 0.3 is 6.03 Å². The van der Waals surface area contributed by atoms with E-state index in [0.717, 1.165) is 8.78 Å². The van der Waals surface area contributed by atoms with Crippen LogP contribution in [0.3, 0.4) is 0 Å². The van der Waals surface area contributed by atoms with Crippen LogP contribution < -0.4 is 5.32 Å². The second-order valence-electron chi connectivity index (χ2n) is 4.45. The average Bonchev–Trinajstić information content (AvgIpc) is 2.44. The first-order valence-electron chi connectivity index (χ1n) is 6.00. The first kappa shape index (κ1) is 14.0. The van der Waals surface area contributed by atoms with Crippen LogP contribution in [0.4, 0.5) is 10.5 Å². The molecule has 0 saturated heterocycles. The van der Waals surface area contributed by atoms with Gasteiger partial charge in [0.25, 0.3) is 10.0 Å². The number of hydrogen-bond acceptors (Lipinski definition) is 4. The largest absolute Gasteiger partial charge is 0.336 e. The van der Waals surface area contributed by atoms with Crippen LogP contribution in [0.5, 0.6) is 0 Å². The third-order valence-corrected chi connectivity index (χ3v) is 5.23. The number of rotatable bonds is 2. The zero-order valence-corrected chi connectivity index (χ0v) is 13.1. The number of carbonyl (C=O) groups excluding carboxylic acids is 1. The summed E-state index contributed by atoms with van der Waals surface area (Å²) in [5, 5.41) is 2.58. The van der Waals surface area contributed by atoms with Crippen LogP contribution in [0.1, 0.15) is 5.56 Å². The fourth-order valence-electron chi connectivity index (χ4n) is 2.07. The molecule has 21 heavy (non-hydrogen) atoms. The molecule has 6 nitrogen and oxygen atoms in total. The van der Waals surface area contributed by atoms with Crippen LogP contribution in [0.15, 0.2) is 52.1 Å². The summed E-state index contributed by atoms with van der Waals surface area (Å²) in [5.41, 5.74) is 0.911. The van der Waals surface area contributed by atoms with Crippen LogP contribution in [0, 0.1) is 0 Å². The Hall–Kier alpha value is -1.93. The lowest BCUT2D eigenvalue weighted by Gasteiger charge is -2.28. The molecule has 3 rings (SSSR count). The van der Waals surface area contributed by atoms with Crippen molar-refractivity contribution in [2.45, 2.75) is 11.4 Å². The molecular formula is C13H10BrN3O3S. The number of benzene rings is 1. The van der Waals surface area contributed by atoms with Crippen molar-refractivity contribution >= 4 is 37.7 Å². The zero-order chi connectivity index (χ0) is 15.0. The Kier molecular flexibility index (Phi) is 3.42. The number of sulfonamides is 1. The van der Waals surface area contributed by atoms with Crippen molar-refractivity contribution in [3.63, 3.8) is 0 Å². The Labute approximate surface area is 130 Å². The fraction of sp³-hybridized carbons (Fsp3) is 0.0769. The number of pyridine rings is 1. The maximum atomic E-state index is 12.5. The number of aromatic nitrogens is 1. The number of nitrogens with zero attached hydrogens (tertiary/aromatic N) is 2. The smallest absolute Gasteiger partial charge is 0.306 e. The highest BCUT2D eigenvalue weighted by Gasteiger charge is 2.36. The van der Waals surface area contributed by atoms with Crippen LogP contribution in [0.25, 0.3) is 0 Å². The van der Waals surface area contributed by atoms with Gasteiger partial charge < -0.3 is 5.32 Å². The van der Waals surface area contributed by atoms with Gasteiger partial charge in [-0.2, -0.15) is 0 Å². The SMILES string of the molecule is O=C1Nc2ccccc2S(=O)(=O)N1Cc1cncc(Br)c1. The molecule has 0 saturated carbocycles. The van der Waals surface area contributed by atoms with Crippen molar-refractivity contribution in [2.75, 3.05) is 5.32 Å². The van der Waals surface area contributed by atoms with Gasteiger partial charge in [0.05, 0.1) is 12.2 Å². The number of halogens is 1. The molecule has 0 radical (unpaired) electrons. The monoisotopic (exact) mass is 367 g/mol. The third kappa shape index (κ3) is 2.52. The zero-order valence-electron chi connectivity index (χ0n) is 10.7. The summed E-state index contributed by atoms with van der Waals surface area (Å²) in [6, 6.07) is 7.36. The van der Waals surface area contributed by atoms with Gasteiger partial charge in [-0.25, -0.2) is 17.5 Å². The van der Waals surface area contributed by atoms with Gasteiger partial charge in [0.1, 0.15) is 4.90 Å². The molecule has 0 bridgehead atoms. The number of fused-ring (bicyclic) bond motifs is 1. The number of urea groups is 1. The number of hydrogen-bond donors (Lipinski definition) is 1. The van der Waals surface area contributed by atoms with Crippen molar-refractivity contribution in [3.8, 4) is 0 Å². The van der Waals surface area contributed by atoms with E-state index in [1.165, 1.54) is 12.3 Å². The number of nitrogens with one attached hydrogen (secondary N) is 1. The van der Waals surface area contributed by atoms with E-state index in [1.807, 2.05) is 0 Å². The lowest BCUT2D eigenvalue weighted by molar-refractivity contribution is 0.233. The van der Waals surface area contributed by atoms with E-state index in [4.69, 9.17) is 0 Å². The lowest BCUT2D eigenvalue weighted by Crippen LogP contribution is -2.43. The summed E-state index contributed by atoms with van der Waals surface area (Å²) in [4.78, 5) is 16.1. The van der Waals surface area contributed by atoms with Crippen molar-refractivity contribution in [2.24, 2.45) is 0 Å². The molecule has 1 aromatic heterocycles. The predicted octanol–water partition coefficient (Wildman–Crippen LogP) is 2.58. The highest BCUT2D eigenvalue weighted by Crippen LogP contribution is 2.30. The first-order chi connectivity index (χ1) is 9.98. The topological polar surface area (TPSA) is 79.4 Å². The summed E-state index contributed by atoms with van der Waals surface area (Å²) in [5.74, 6) is 0. The van der Waals surface area contributed by atoms with E-state index >= 15 is 0 Å². The van der Waals surface area contributed by atoms with E-state index in [9.17, 15) is 13.2 Å². The molecule has 1 aromatic carbocycles. The van der Waals surface area contributed by atoms with Gasteiger partial charge in [-0.1, -0.05) is 12.1 Å². The van der Waals surface area contributed by atoms with Crippen LogP contribution in [0.2, 0.25) is 0 Å². The number of anilines is 1. The van der Waals surface area contributed by atoms with E-state index < -0.39 is 16.1 Å². The molecule has 8 heteroatoms. The van der Waals surface area contributed by atoms with Gasteiger partial charge in [0, 0.05) is 16.9 Å². The molecule has 108 valence electrons. The molecule has 2 aromatic rings. The highest BCUT2D eigenvalue weighted by molar-refractivity contribution is 9.10. The van der Waals surface area contributed by atoms with Crippen molar-refractivity contribution in [3.05, 3.63) is 52.8 Å². The molecule has 1 aliphatic heterocycles. The molecule has 0 atom stereocenters. The van der Waals surface area contributed by atoms with Crippen LogP contribution >= 0.6 is 15.9 Å². The predicted molar refractivity (Wildman–Crippen MR) is 80.1 cm³/mol. The Balaban J connectivity index is 2.02. The second-order valence-corrected chi connectivity index (χ2v) is 7.20.